The van der Waals surface area contributed by atoms with Crippen molar-refractivity contribution in [1.29, 1.82) is 5.26 Å². The number of ether oxygens (including phenoxy) is 1. The quantitative estimate of drug-likeness (QED) is 0.716. The first-order valence-corrected chi connectivity index (χ1v) is 11.3. The Morgan fingerprint density at radius 1 is 1.28 bits per heavy atom. The fourth-order valence-corrected chi connectivity index (χ4v) is 5.17. The minimum atomic E-state index is -0.859. The van der Waals surface area contributed by atoms with E-state index in [1.165, 1.54) is 0 Å². The summed E-state index contributed by atoms with van der Waals surface area (Å²) in [6.45, 7) is 3.12. The van der Waals surface area contributed by atoms with Crippen LogP contribution in [0, 0.1) is 11.3 Å². The number of nitriles is 1. The van der Waals surface area contributed by atoms with Gasteiger partial charge in [-0.2, -0.15) is 5.26 Å². The molecule has 0 spiro atoms. The lowest BCUT2D eigenvalue weighted by Gasteiger charge is -2.40. The molecule has 8 heteroatoms. The van der Waals surface area contributed by atoms with Crippen molar-refractivity contribution in [2.75, 3.05) is 13.2 Å². The van der Waals surface area contributed by atoms with Crippen molar-refractivity contribution in [2.45, 2.75) is 44.2 Å². The Hall–Kier alpha value is -2.59. The normalized spacial score (nSPS) is 21.9. The molecule has 1 atom stereocenters. The smallest absolute Gasteiger partial charge is 0.232 e. The summed E-state index contributed by atoms with van der Waals surface area (Å²) in [6.07, 6.45) is 2.18. The fraction of sp³-hybridized carbons (Fsp3) is 0.375. The molecule has 0 saturated carbocycles. The number of halogens is 2. The summed E-state index contributed by atoms with van der Waals surface area (Å²) < 4.78 is 5.41. The Morgan fingerprint density at radius 3 is 2.72 bits per heavy atom. The van der Waals surface area contributed by atoms with E-state index in [1.54, 1.807) is 17.0 Å². The lowest BCUT2D eigenvalue weighted by atomic mass is 9.85. The van der Waals surface area contributed by atoms with Crippen LogP contribution < -0.4 is 5.73 Å². The highest BCUT2D eigenvalue weighted by atomic mass is 35.5. The zero-order valence-electron chi connectivity index (χ0n) is 17.8. The highest BCUT2D eigenvalue weighted by molar-refractivity contribution is 6.32. The summed E-state index contributed by atoms with van der Waals surface area (Å²) >= 11 is 13.0. The van der Waals surface area contributed by atoms with Gasteiger partial charge in [0.1, 0.15) is 0 Å². The van der Waals surface area contributed by atoms with Crippen LogP contribution in [0.3, 0.4) is 0 Å². The van der Waals surface area contributed by atoms with E-state index in [4.69, 9.17) is 38.7 Å². The molecule has 0 aromatic heterocycles. The number of carbonyl (C=O) groups is 1. The fourth-order valence-electron chi connectivity index (χ4n) is 4.51. The SMILES string of the molecule is C[C@@]1(c2cccc(Cc3cc(Cl)cc(C#N)c3)c2Cl)CC(=O)N(C2CCOCC2)C(N)=N1. The van der Waals surface area contributed by atoms with Gasteiger partial charge in [-0.15, -0.1) is 0 Å². The highest BCUT2D eigenvalue weighted by Crippen LogP contribution is 2.40. The molecule has 2 aliphatic heterocycles. The second-order valence-electron chi connectivity index (χ2n) is 8.44. The summed E-state index contributed by atoms with van der Waals surface area (Å²) in [6, 6.07) is 13.1. The number of guanidine groups is 1. The van der Waals surface area contributed by atoms with Crippen LogP contribution in [0.25, 0.3) is 0 Å². The highest BCUT2D eigenvalue weighted by Gasteiger charge is 2.41. The molecule has 6 nitrogen and oxygen atoms in total. The topological polar surface area (TPSA) is 91.7 Å². The minimum Gasteiger partial charge on any atom is -0.381 e. The van der Waals surface area contributed by atoms with Gasteiger partial charge in [-0.3, -0.25) is 9.69 Å². The number of nitrogens with two attached hydrogens (primary N) is 1. The van der Waals surface area contributed by atoms with Gasteiger partial charge in [-0.05, 0) is 61.1 Å². The van der Waals surface area contributed by atoms with Crippen molar-refractivity contribution in [3.05, 3.63) is 68.7 Å². The molecule has 0 aliphatic carbocycles. The first kappa shape index (κ1) is 22.6. The number of hydrogen-bond donors (Lipinski definition) is 1. The lowest BCUT2D eigenvalue weighted by molar-refractivity contribution is -0.132. The van der Waals surface area contributed by atoms with Crippen LogP contribution in [0.1, 0.15) is 48.4 Å². The van der Waals surface area contributed by atoms with Gasteiger partial charge in [0.15, 0.2) is 5.96 Å². The van der Waals surface area contributed by atoms with E-state index >= 15 is 0 Å². The first-order valence-electron chi connectivity index (χ1n) is 10.5. The van der Waals surface area contributed by atoms with Crippen molar-refractivity contribution < 1.29 is 9.53 Å². The maximum Gasteiger partial charge on any atom is 0.232 e. The Labute approximate surface area is 197 Å². The first-order chi connectivity index (χ1) is 15.3. The predicted octanol–water partition coefficient (Wildman–Crippen LogP) is 4.40. The molecule has 0 radical (unpaired) electrons. The van der Waals surface area contributed by atoms with E-state index in [0.29, 0.717) is 35.2 Å². The molecule has 2 aliphatic rings. The summed E-state index contributed by atoms with van der Waals surface area (Å²) in [5.74, 6) is 0.174. The summed E-state index contributed by atoms with van der Waals surface area (Å²) in [5, 5.41) is 10.3. The van der Waals surface area contributed by atoms with E-state index in [-0.39, 0.29) is 24.3 Å². The Bertz CT molecular complexity index is 1120. The molecule has 0 bridgehead atoms. The van der Waals surface area contributed by atoms with Gasteiger partial charge in [-0.1, -0.05) is 41.4 Å². The van der Waals surface area contributed by atoms with E-state index in [2.05, 4.69) is 6.07 Å². The number of hydrogen-bond acceptors (Lipinski definition) is 5. The van der Waals surface area contributed by atoms with Gasteiger partial charge in [0.05, 0.1) is 23.6 Å². The minimum absolute atomic E-state index is 0.0171. The predicted molar refractivity (Wildman–Crippen MR) is 125 cm³/mol. The van der Waals surface area contributed by atoms with Gasteiger partial charge in [0.2, 0.25) is 5.91 Å². The molecule has 1 fully saturated rings. The average molecular weight is 471 g/mol. The molecular formula is C24H24Cl2N4O2. The Balaban J connectivity index is 1.65. The molecule has 32 heavy (non-hydrogen) atoms. The van der Waals surface area contributed by atoms with Gasteiger partial charge in [-0.25, -0.2) is 4.99 Å². The molecular weight excluding hydrogens is 447 g/mol. The lowest BCUT2D eigenvalue weighted by Crippen LogP contribution is -2.55. The van der Waals surface area contributed by atoms with E-state index in [1.807, 2.05) is 31.2 Å². The number of aliphatic imine (C=N–C) groups is 1. The third kappa shape index (κ3) is 4.47. The zero-order valence-corrected chi connectivity index (χ0v) is 19.3. The maximum atomic E-state index is 13.1. The Kier molecular flexibility index (Phi) is 6.43. The van der Waals surface area contributed by atoms with Crippen molar-refractivity contribution in [3.63, 3.8) is 0 Å². The third-order valence-corrected chi connectivity index (χ3v) is 6.73. The van der Waals surface area contributed by atoms with Crippen LogP contribution in [-0.2, 0) is 21.5 Å². The second-order valence-corrected chi connectivity index (χ2v) is 9.26. The van der Waals surface area contributed by atoms with Crippen LogP contribution in [0.4, 0.5) is 0 Å². The van der Waals surface area contributed by atoms with Crippen molar-refractivity contribution in [2.24, 2.45) is 10.7 Å². The number of amides is 1. The molecule has 1 saturated heterocycles. The van der Waals surface area contributed by atoms with Crippen molar-refractivity contribution in [1.82, 2.24) is 4.90 Å². The zero-order chi connectivity index (χ0) is 22.9. The van der Waals surface area contributed by atoms with E-state index in [9.17, 15) is 10.1 Å². The molecule has 1 amide bonds. The summed E-state index contributed by atoms with van der Waals surface area (Å²) in [5.41, 5.74) is 8.43. The molecule has 4 rings (SSSR count). The molecule has 0 unspecified atom stereocenters. The molecule has 2 N–H and O–H groups in total. The number of benzene rings is 2. The standard InChI is InChI=1S/C24H24Cl2N4O2/c1-24(13-21(31)30(23(28)29-24)19-5-7-32-8-6-19)20-4-2-3-17(22(20)26)10-15-9-16(14-27)12-18(25)11-15/h2-4,9,11-12,19H,5-8,10,13H2,1H3,(H2,28,29)/t24-/m0/s1. The van der Waals surface area contributed by atoms with Gasteiger partial charge in [0.25, 0.3) is 0 Å². The third-order valence-electron chi connectivity index (χ3n) is 6.07. The largest absolute Gasteiger partial charge is 0.381 e. The monoisotopic (exact) mass is 470 g/mol. The molecule has 2 heterocycles. The van der Waals surface area contributed by atoms with Crippen molar-refractivity contribution >= 4 is 35.1 Å². The average Bonchev–Trinajstić information content (AvgIpc) is 2.75. The van der Waals surface area contributed by atoms with Crippen LogP contribution in [0.2, 0.25) is 10.0 Å². The summed E-state index contributed by atoms with van der Waals surface area (Å²) in [4.78, 5) is 19.5. The van der Waals surface area contributed by atoms with Crippen molar-refractivity contribution in [3.8, 4) is 6.07 Å². The summed E-state index contributed by atoms with van der Waals surface area (Å²) in [7, 11) is 0. The molecule has 2 aromatic carbocycles. The number of carbonyl (C=O) groups excluding carboxylic acids is 1. The molecule has 166 valence electrons. The van der Waals surface area contributed by atoms with Crippen LogP contribution >= 0.6 is 23.2 Å². The molecule has 2 aromatic rings. The second kappa shape index (κ2) is 9.11. The van der Waals surface area contributed by atoms with E-state index < -0.39 is 5.54 Å². The van der Waals surface area contributed by atoms with Gasteiger partial charge >= 0.3 is 0 Å². The Morgan fingerprint density at radius 2 is 2.03 bits per heavy atom. The number of rotatable bonds is 4. The van der Waals surface area contributed by atoms with Crippen LogP contribution in [0.15, 0.2) is 41.4 Å². The van der Waals surface area contributed by atoms with Crippen LogP contribution in [-0.4, -0.2) is 36.0 Å². The maximum absolute atomic E-state index is 13.1. The van der Waals surface area contributed by atoms with Crippen LogP contribution in [0.5, 0.6) is 0 Å². The van der Waals surface area contributed by atoms with Gasteiger partial charge in [0, 0.05) is 29.3 Å². The number of nitrogens with zero attached hydrogens (tertiary/aromatic N) is 3. The van der Waals surface area contributed by atoms with E-state index in [0.717, 1.165) is 29.5 Å². The van der Waals surface area contributed by atoms with Gasteiger partial charge < -0.3 is 10.5 Å².